The second kappa shape index (κ2) is 12.7. The second-order valence-corrected chi connectivity index (χ2v) is 11.0. The largest absolute Gasteiger partial charge is 0.354 e. The zero-order valence-electron chi connectivity index (χ0n) is 21.2. The van der Waals surface area contributed by atoms with Crippen molar-refractivity contribution in [1.82, 2.24) is 10.2 Å². The van der Waals surface area contributed by atoms with Crippen LogP contribution in [-0.4, -0.2) is 44.3 Å². The van der Waals surface area contributed by atoms with Crippen LogP contribution in [0.4, 0.5) is 5.69 Å². The van der Waals surface area contributed by atoms with Gasteiger partial charge in [0.25, 0.3) is 10.0 Å². The third-order valence-electron chi connectivity index (χ3n) is 5.92. The van der Waals surface area contributed by atoms with E-state index < -0.39 is 28.5 Å². The average molecular weight is 542 g/mol. The van der Waals surface area contributed by atoms with Crippen LogP contribution in [0.3, 0.4) is 0 Å². The fourth-order valence-corrected chi connectivity index (χ4v) is 5.50. The lowest BCUT2D eigenvalue weighted by Gasteiger charge is -2.32. The lowest BCUT2D eigenvalue weighted by atomic mass is 10.1. The first kappa shape index (κ1) is 28.2. The number of nitrogens with zero attached hydrogens (tertiary/aromatic N) is 2. The molecule has 1 atom stereocenters. The Kier molecular flexibility index (Phi) is 9.72. The van der Waals surface area contributed by atoms with Gasteiger partial charge in [-0.3, -0.25) is 13.9 Å². The van der Waals surface area contributed by atoms with E-state index in [4.69, 9.17) is 11.6 Å². The minimum atomic E-state index is -4.14. The Morgan fingerprint density at radius 2 is 1.57 bits per heavy atom. The highest BCUT2D eigenvalue weighted by Gasteiger charge is 2.33. The van der Waals surface area contributed by atoms with Crippen LogP contribution in [-0.2, 0) is 26.2 Å². The van der Waals surface area contributed by atoms with Crippen LogP contribution in [0.25, 0.3) is 0 Å². The SMILES string of the molecule is CCCNC(=O)C(C)N(Cc1ccc(C)cc1)C(=O)CN(c1ccccc1Cl)S(=O)(=O)c1ccccc1. The van der Waals surface area contributed by atoms with Gasteiger partial charge in [-0.15, -0.1) is 0 Å². The van der Waals surface area contributed by atoms with Gasteiger partial charge in [0, 0.05) is 13.1 Å². The smallest absolute Gasteiger partial charge is 0.264 e. The fraction of sp³-hybridized carbons (Fsp3) is 0.286. The lowest BCUT2D eigenvalue weighted by molar-refractivity contribution is -0.139. The number of hydrogen-bond acceptors (Lipinski definition) is 4. The Morgan fingerprint density at radius 1 is 0.946 bits per heavy atom. The summed E-state index contributed by atoms with van der Waals surface area (Å²) in [6, 6.07) is 21.1. The van der Waals surface area contributed by atoms with E-state index in [2.05, 4.69) is 5.32 Å². The standard InChI is InChI=1S/C28H32ClN3O4S/c1-4-18-30-28(34)22(3)31(19-23-16-14-21(2)15-17-23)27(33)20-32(26-13-9-8-12-25(26)29)37(35,36)24-10-6-5-7-11-24/h5-17,22H,4,18-20H2,1-3H3,(H,30,34). The van der Waals surface area contributed by atoms with Crippen molar-refractivity contribution in [2.45, 2.75) is 44.7 Å². The number of aryl methyl sites for hydroxylation is 1. The van der Waals surface area contributed by atoms with Gasteiger partial charge < -0.3 is 10.2 Å². The molecule has 0 aromatic heterocycles. The lowest BCUT2D eigenvalue weighted by Crippen LogP contribution is -2.51. The zero-order chi connectivity index (χ0) is 27.0. The highest BCUT2D eigenvalue weighted by atomic mass is 35.5. The predicted octanol–water partition coefficient (Wildman–Crippen LogP) is 4.79. The second-order valence-electron chi connectivity index (χ2n) is 8.75. The van der Waals surface area contributed by atoms with Crippen LogP contribution < -0.4 is 9.62 Å². The quantitative estimate of drug-likeness (QED) is 0.378. The Balaban J connectivity index is 2.01. The van der Waals surface area contributed by atoms with Crippen molar-refractivity contribution in [3.63, 3.8) is 0 Å². The summed E-state index contributed by atoms with van der Waals surface area (Å²) in [6.07, 6.45) is 0.750. The van der Waals surface area contributed by atoms with Gasteiger partial charge in [-0.05, 0) is 50.1 Å². The maximum Gasteiger partial charge on any atom is 0.264 e. The van der Waals surface area contributed by atoms with Crippen LogP contribution in [0.5, 0.6) is 0 Å². The summed E-state index contributed by atoms with van der Waals surface area (Å²) in [6.45, 7) is 5.63. The number of carbonyl (C=O) groups is 2. The van der Waals surface area contributed by atoms with Gasteiger partial charge in [-0.2, -0.15) is 0 Å². The number of sulfonamides is 1. The van der Waals surface area contributed by atoms with Gasteiger partial charge in [0.05, 0.1) is 15.6 Å². The number of anilines is 1. The molecule has 196 valence electrons. The van der Waals surface area contributed by atoms with E-state index in [1.807, 2.05) is 38.1 Å². The monoisotopic (exact) mass is 541 g/mol. The Bertz CT molecular complexity index is 1310. The third kappa shape index (κ3) is 7.11. The van der Waals surface area contributed by atoms with Crippen LogP contribution in [0.2, 0.25) is 5.02 Å². The molecule has 0 saturated carbocycles. The summed E-state index contributed by atoms with van der Waals surface area (Å²) >= 11 is 6.40. The van der Waals surface area contributed by atoms with Crippen LogP contribution in [0, 0.1) is 6.92 Å². The van der Waals surface area contributed by atoms with E-state index in [0.717, 1.165) is 21.9 Å². The number of halogens is 1. The van der Waals surface area contributed by atoms with Gasteiger partial charge >= 0.3 is 0 Å². The van der Waals surface area contributed by atoms with E-state index in [0.29, 0.717) is 6.54 Å². The predicted molar refractivity (Wildman–Crippen MR) is 147 cm³/mol. The summed E-state index contributed by atoms with van der Waals surface area (Å²) in [5, 5.41) is 3.02. The number of carbonyl (C=O) groups excluding carboxylic acids is 2. The summed E-state index contributed by atoms with van der Waals surface area (Å²) < 4.78 is 28.4. The number of hydrogen-bond donors (Lipinski definition) is 1. The first-order valence-electron chi connectivity index (χ1n) is 12.1. The maximum atomic E-state index is 13.8. The van der Waals surface area contributed by atoms with E-state index in [9.17, 15) is 18.0 Å². The van der Waals surface area contributed by atoms with Crippen LogP contribution in [0.15, 0.2) is 83.8 Å². The number of amides is 2. The molecule has 0 fully saturated rings. The number of rotatable bonds is 11. The topological polar surface area (TPSA) is 86.8 Å². The molecule has 3 aromatic rings. The van der Waals surface area contributed by atoms with Crippen molar-refractivity contribution in [2.75, 3.05) is 17.4 Å². The molecule has 0 spiro atoms. The highest BCUT2D eigenvalue weighted by molar-refractivity contribution is 7.92. The number of para-hydroxylation sites is 1. The summed E-state index contributed by atoms with van der Waals surface area (Å²) in [4.78, 5) is 28.1. The maximum absolute atomic E-state index is 13.8. The van der Waals surface area contributed by atoms with Crippen molar-refractivity contribution >= 4 is 39.1 Å². The molecule has 0 heterocycles. The highest BCUT2D eigenvalue weighted by Crippen LogP contribution is 2.30. The average Bonchev–Trinajstić information content (AvgIpc) is 2.90. The van der Waals surface area contributed by atoms with E-state index in [1.165, 1.54) is 17.0 Å². The molecule has 0 saturated heterocycles. The summed E-state index contributed by atoms with van der Waals surface area (Å²) in [7, 11) is -4.14. The van der Waals surface area contributed by atoms with E-state index in [1.54, 1.807) is 49.4 Å². The molecular weight excluding hydrogens is 510 g/mol. The van der Waals surface area contributed by atoms with E-state index in [-0.39, 0.29) is 28.1 Å². The number of nitrogens with one attached hydrogen (secondary N) is 1. The van der Waals surface area contributed by atoms with Crippen molar-refractivity contribution in [2.24, 2.45) is 0 Å². The molecule has 0 aliphatic carbocycles. The van der Waals surface area contributed by atoms with Crippen LogP contribution >= 0.6 is 11.6 Å². The normalized spacial score (nSPS) is 12.0. The van der Waals surface area contributed by atoms with Gasteiger partial charge in [-0.1, -0.05) is 78.7 Å². The summed E-state index contributed by atoms with van der Waals surface area (Å²) in [5.41, 5.74) is 2.07. The molecule has 1 unspecified atom stereocenters. The molecule has 0 aliphatic rings. The number of benzene rings is 3. The van der Waals surface area contributed by atoms with Crippen molar-refractivity contribution < 1.29 is 18.0 Å². The molecule has 0 aliphatic heterocycles. The molecule has 3 aromatic carbocycles. The molecule has 7 nitrogen and oxygen atoms in total. The molecule has 3 rings (SSSR count). The van der Waals surface area contributed by atoms with Crippen molar-refractivity contribution in [1.29, 1.82) is 0 Å². The molecule has 0 radical (unpaired) electrons. The van der Waals surface area contributed by atoms with Gasteiger partial charge in [0.15, 0.2) is 0 Å². The van der Waals surface area contributed by atoms with E-state index >= 15 is 0 Å². The molecule has 9 heteroatoms. The molecule has 0 bridgehead atoms. The minimum absolute atomic E-state index is 0.0292. The van der Waals surface area contributed by atoms with Gasteiger partial charge in [0.1, 0.15) is 12.6 Å². The van der Waals surface area contributed by atoms with Crippen LogP contribution in [0.1, 0.15) is 31.4 Å². The minimum Gasteiger partial charge on any atom is -0.354 e. The Morgan fingerprint density at radius 3 is 2.19 bits per heavy atom. The third-order valence-corrected chi connectivity index (χ3v) is 8.01. The van der Waals surface area contributed by atoms with Gasteiger partial charge in [-0.25, -0.2) is 8.42 Å². The first-order chi connectivity index (χ1) is 17.6. The molecule has 1 N–H and O–H groups in total. The van der Waals surface area contributed by atoms with Crippen molar-refractivity contribution in [3.05, 3.63) is 95.0 Å². The summed E-state index contributed by atoms with van der Waals surface area (Å²) in [5.74, 6) is -0.836. The Labute approximate surface area is 224 Å². The zero-order valence-corrected chi connectivity index (χ0v) is 22.8. The molecule has 2 amide bonds. The Hall–Kier alpha value is -3.36. The van der Waals surface area contributed by atoms with Gasteiger partial charge in [0.2, 0.25) is 11.8 Å². The fourth-order valence-electron chi connectivity index (χ4n) is 3.76. The van der Waals surface area contributed by atoms with Crippen molar-refractivity contribution in [3.8, 4) is 0 Å². The molecule has 37 heavy (non-hydrogen) atoms. The molecular formula is C28H32ClN3O4S. The first-order valence-corrected chi connectivity index (χ1v) is 13.9.